The first-order valence-corrected chi connectivity index (χ1v) is 9.45. The molecular weight excluding hydrogens is 368 g/mol. The molecule has 5 rings (SSSR count). The average molecular weight is 380 g/mol. The summed E-state index contributed by atoms with van der Waals surface area (Å²) in [6.07, 6.45) is 0. The van der Waals surface area contributed by atoms with Crippen LogP contribution in [0.2, 0.25) is 0 Å². The number of fused-ring (bicyclic) bond motifs is 5. The van der Waals surface area contributed by atoms with Gasteiger partial charge in [0.2, 0.25) is 0 Å². The molecule has 0 bridgehead atoms. The molecular formula is C20H12Te. The van der Waals surface area contributed by atoms with Gasteiger partial charge in [-0.05, 0) is 0 Å². The number of benzene rings is 4. The second kappa shape index (κ2) is 4.34. The summed E-state index contributed by atoms with van der Waals surface area (Å²) in [4.78, 5) is 0. The van der Waals surface area contributed by atoms with Gasteiger partial charge in [-0.25, -0.2) is 0 Å². The average Bonchev–Trinajstić information content (AvgIpc) is 2.87. The minimum atomic E-state index is -0.247. The van der Waals surface area contributed by atoms with Gasteiger partial charge in [-0.2, -0.15) is 0 Å². The van der Waals surface area contributed by atoms with Crippen LogP contribution in [0.4, 0.5) is 0 Å². The van der Waals surface area contributed by atoms with Crippen molar-refractivity contribution in [2.45, 2.75) is 0 Å². The van der Waals surface area contributed by atoms with E-state index in [2.05, 4.69) is 72.8 Å². The van der Waals surface area contributed by atoms with Gasteiger partial charge in [0, 0.05) is 0 Å². The fraction of sp³-hybridized carbons (Fsp3) is 0. The van der Waals surface area contributed by atoms with Crippen LogP contribution < -0.4 is 0 Å². The summed E-state index contributed by atoms with van der Waals surface area (Å²) in [7, 11) is 0. The molecule has 98 valence electrons. The summed E-state index contributed by atoms with van der Waals surface area (Å²) in [6, 6.07) is 27.0. The van der Waals surface area contributed by atoms with E-state index in [0.29, 0.717) is 0 Å². The third-order valence-electron chi connectivity index (χ3n) is 4.21. The van der Waals surface area contributed by atoms with Gasteiger partial charge < -0.3 is 0 Å². The predicted octanol–water partition coefficient (Wildman–Crippen LogP) is 5.36. The number of rotatable bonds is 0. The van der Waals surface area contributed by atoms with Crippen molar-refractivity contribution in [1.82, 2.24) is 0 Å². The van der Waals surface area contributed by atoms with Gasteiger partial charge in [-0.3, -0.25) is 0 Å². The van der Waals surface area contributed by atoms with Crippen LogP contribution in [0.1, 0.15) is 0 Å². The van der Waals surface area contributed by atoms with Crippen molar-refractivity contribution in [3.63, 3.8) is 0 Å². The van der Waals surface area contributed by atoms with Crippen LogP contribution in [-0.2, 0) is 0 Å². The zero-order valence-corrected chi connectivity index (χ0v) is 13.7. The van der Waals surface area contributed by atoms with Crippen molar-refractivity contribution in [3.05, 3.63) is 72.8 Å². The van der Waals surface area contributed by atoms with E-state index in [1.165, 1.54) is 32.3 Å². The molecule has 21 heavy (non-hydrogen) atoms. The molecule has 0 atom stereocenters. The predicted molar refractivity (Wildman–Crippen MR) is 93.4 cm³/mol. The second-order valence-electron chi connectivity index (χ2n) is 5.49. The second-order valence-corrected chi connectivity index (χ2v) is 8.59. The summed E-state index contributed by atoms with van der Waals surface area (Å²) in [5, 5.41) is 8.39. The van der Waals surface area contributed by atoms with Crippen molar-refractivity contribution >= 4 is 59.6 Å². The first-order valence-electron chi connectivity index (χ1n) is 7.12. The summed E-state index contributed by atoms with van der Waals surface area (Å²) in [5.74, 6) is 0. The zero-order chi connectivity index (χ0) is 13.8. The van der Waals surface area contributed by atoms with Crippen molar-refractivity contribution < 1.29 is 0 Å². The van der Waals surface area contributed by atoms with E-state index >= 15 is 0 Å². The Kier molecular flexibility index (Phi) is 2.44. The van der Waals surface area contributed by atoms with Crippen molar-refractivity contribution in [1.29, 1.82) is 0 Å². The van der Waals surface area contributed by atoms with Gasteiger partial charge in [0.1, 0.15) is 0 Å². The minimum absolute atomic E-state index is 0.247. The van der Waals surface area contributed by atoms with Crippen molar-refractivity contribution in [2.24, 2.45) is 0 Å². The van der Waals surface area contributed by atoms with E-state index in [0.717, 1.165) is 0 Å². The Morgan fingerprint density at radius 1 is 0.476 bits per heavy atom. The molecule has 5 aromatic rings. The van der Waals surface area contributed by atoms with E-state index < -0.39 is 0 Å². The van der Waals surface area contributed by atoms with Crippen molar-refractivity contribution in [3.8, 4) is 0 Å². The molecule has 4 aromatic carbocycles. The van der Waals surface area contributed by atoms with Crippen LogP contribution in [0.25, 0.3) is 39.1 Å². The molecule has 0 radical (unpaired) electrons. The Morgan fingerprint density at radius 3 is 1.29 bits per heavy atom. The van der Waals surface area contributed by atoms with Gasteiger partial charge >= 0.3 is 132 Å². The third-order valence-corrected chi connectivity index (χ3v) is 7.39. The maximum atomic E-state index is 2.41. The van der Waals surface area contributed by atoms with E-state index in [1.807, 2.05) is 0 Å². The Hall–Kier alpha value is -1.81. The molecule has 0 nitrogen and oxygen atoms in total. The fourth-order valence-corrected chi connectivity index (χ4v) is 6.48. The molecule has 0 aliphatic rings. The van der Waals surface area contributed by atoms with Gasteiger partial charge in [-0.1, -0.05) is 0 Å². The third kappa shape index (κ3) is 1.75. The Labute approximate surface area is 132 Å². The van der Waals surface area contributed by atoms with Gasteiger partial charge in [0.25, 0.3) is 0 Å². The normalized spacial score (nSPS) is 11.8. The van der Waals surface area contributed by atoms with Crippen LogP contribution in [0, 0.1) is 0 Å². The van der Waals surface area contributed by atoms with Crippen LogP contribution in [0.3, 0.4) is 0 Å². The molecule has 0 amide bonds. The van der Waals surface area contributed by atoms with E-state index in [1.54, 1.807) is 6.80 Å². The van der Waals surface area contributed by atoms with E-state index in [-0.39, 0.29) is 20.4 Å². The Morgan fingerprint density at radius 2 is 0.857 bits per heavy atom. The molecule has 0 saturated heterocycles. The van der Waals surface area contributed by atoms with Crippen LogP contribution >= 0.6 is 0 Å². The first kappa shape index (κ1) is 11.8. The summed E-state index contributed by atoms with van der Waals surface area (Å²) in [6.45, 7) is 0. The van der Waals surface area contributed by atoms with Gasteiger partial charge in [0.15, 0.2) is 0 Å². The molecule has 0 fully saturated rings. The maximum absolute atomic E-state index is 2.41. The Bertz CT molecular complexity index is 1040. The molecule has 0 N–H and O–H groups in total. The fourth-order valence-electron chi connectivity index (χ4n) is 3.15. The summed E-state index contributed by atoms with van der Waals surface area (Å²) < 4.78 is 3.17. The van der Waals surface area contributed by atoms with E-state index in [4.69, 9.17) is 0 Å². The Balaban J connectivity index is 2.01. The molecule has 0 aliphatic heterocycles. The number of hydrogen-bond acceptors (Lipinski definition) is 0. The molecule has 0 spiro atoms. The molecule has 1 heteroatoms. The van der Waals surface area contributed by atoms with Crippen LogP contribution in [-0.4, -0.2) is 20.4 Å². The molecule has 0 saturated carbocycles. The molecule has 0 aliphatic carbocycles. The molecule has 1 aromatic heterocycles. The van der Waals surface area contributed by atoms with Crippen molar-refractivity contribution in [2.75, 3.05) is 0 Å². The quantitative estimate of drug-likeness (QED) is 0.318. The summed E-state index contributed by atoms with van der Waals surface area (Å²) in [5.41, 5.74) is 0. The van der Waals surface area contributed by atoms with E-state index in [9.17, 15) is 0 Å². The van der Waals surface area contributed by atoms with Gasteiger partial charge in [-0.15, -0.1) is 0 Å². The standard InChI is InChI=1S/C20H12Te/c1-3-7-15-11-19-17(9-13(15)5-1)18-10-14-6-2-4-8-16(14)12-20(18)21-19/h1-12H. The SMILES string of the molecule is c1ccc2cc3c(cc2c1)[te]c1cc2ccccc2cc13. The molecule has 0 unspecified atom stereocenters. The summed E-state index contributed by atoms with van der Waals surface area (Å²) >= 11 is -0.247. The molecule has 1 heterocycles. The van der Waals surface area contributed by atoms with Gasteiger partial charge in [0.05, 0.1) is 0 Å². The number of hydrogen-bond donors (Lipinski definition) is 0. The first-order chi connectivity index (χ1) is 10.4. The monoisotopic (exact) mass is 382 g/mol. The van der Waals surface area contributed by atoms with Crippen LogP contribution in [0.5, 0.6) is 0 Å². The van der Waals surface area contributed by atoms with Crippen LogP contribution in [0.15, 0.2) is 72.8 Å². The topological polar surface area (TPSA) is 0 Å². The zero-order valence-electron chi connectivity index (χ0n) is 11.3.